The van der Waals surface area contributed by atoms with Crippen LogP contribution in [0.1, 0.15) is 5.56 Å². The Morgan fingerprint density at radius 1 is 1.06 bits per heavy atom. The molecule has 1 rings (SSSR count). The number of allylic oxidation sites excluding steroid dienone is 4. The van der Waals surface area contributed by atoms with Crippen molar-refractivity contribution in [1.82, 2.24) is 4.90 Å². The second-order valence-electron chi connectivity index (χ2n) is 3.81. The van der Waals surface area contributed by atoms with Crippen molar-refractivity contribution >= 4 is 11.9 Å². The summed E-state index contributed by atoms with van der Waals surface area (Å²) in [4.78, 5) is 13.1. The summed E-state index contributed by atoms with van der Waals surface area (Å²) >= 11 is 0. The van der Waals surface area contributed by atoms with Crippen LogP contribution < -0.4 is 0 Å². The summed E-state index contributed by atoms with van der Waals surface area (Å²) in [6.45, 7) is 0. The van der Waals surface area contributed by atoms with Crippen molar-refractivity contribution in [3.8, 4) is 0 Å². The molecule has 2 heteroatoms. The molecule has 0 fully saturated rings. The molecule has 0 N–H and O–H groups in total. The molecule has 0 radical (unpaired) electrons. The van der Waals surface area contributed by atoms with E-state index in [1.807, 2.05) is 61.5 Å². The molecule has 0 aliphatic carbocycles. The zero-order chi connectivity index (χ0) is 12.5. The lowest BCUT2D eigenvalue weighted by Gasteiger charge is -2.00. The van der Waals surface area contributed by atoms with Crippen LogP contribution >= 0.6 is 0 Å². The quantitative estimate of drug-likeness (QED) is 0.569. The Kier molecular flexibility index (Phi) is 5.52. The van der Waals surface area contributed by atoms with Gasteiger partial charge in [0.15, 0.2) is 5.78 Å². The number of hydrogen-bond donors (Lipinski definition) is 0. The average molecular weight is 227 g/mol. The Morgan fingerprint density at radius 2 is 1.76 bits per heavy atom. The lowest BCUT2D eigenvalue weighted by Crippen LogP contribution is -2.01. The Labute approximate surface area is 103 Å². The van der Waals surface area contributed by atoms with Gasteiger partial charge in [0.25, 0.3) is 0 Å². The van der Waals surface area contributed by atoms with E-state index in [0.717, 1.165) is 5.56 Å². The van der Waals surface area contributed by atoms with E-state index in [9.17, 15) is 4.79 Å². The maximum absolute atomic E-state index is 11.3. The first-order chi connectivity index (χ1) is 8.18. The van der Waals surface area contributed by atoms with E-state index in [0.29, 0.717) is 0 Å². The third kappa shape index (κ3) is 6.15. The smallest absolute Gasteiger partial charge is 0.180 e. The topological polar surface area (TPSA) is 20.3 Å². The second kappa shape index (κ2) is 7.23. The maximum atomic E-state index is 11.3. The summed E-state index contributed by atoms with van der Waals surface area (Å²) in [6.07, 6.45) is 10.4. The molecule has 0 saturated heterocycles. The Bertz CT molecular complexity index is 427. The maximum Gasteiger partial charge on any atom is 0.180 e. The summed E-state index contributed by atoms with van der Waals surface area (Å²) in [5.41, 5.74) is 1.12. The third-order valence-corrected chi connectivity index (χ3v) is 2.00. The van der Waals surface area contributed by atoms with Gasteiger partial charge in [0.05, 0.1) is 0 Å². The Hall–Kier alpha value is -2.09. The molecular formula is C15H17NO. The number of benzene rings is 1. The minimum atomic E-state index is -0.0172. The molecule has 0 amide bonds. The van der Waals surface area contributed by atoms with Crippen LogP contribution in [0.4, 0.5) is 0 Å². The number of carbonyl (C=O) groups excluding carboxylic acids is 1. The van der Waals surface area contributed by atoms with E-state index in [2.05, 4.69) is 0 Å². The first-order valence-corrected chi connectivity index (χ1v) is 5.47. The lowest BCUT2D eigenvalue weighted by molar-refractivity contribution is -0.110. The fourth-order valence-corrected chi connectivity index (χ4v) is 1.16. The van der Waals surface area contributed by atoms with E-state index in [-0.39, 0.29) is 5.78 Å². The van der Waals surface area contributed by atoms with Crippen molar-refractivity contribution in [3.05, 3.63) is 66.4 Å². The van der Waals surface area contributed by atoms with E-state index in [1.54, 1.807) is 18.4 Å². The number of rotatable bonds is 5. The molecule has 2 nitrogen and oxygen atoms in total. The highest BCUT2D eigenvalue weighted by Gasteiger charge is 1.86. The van der Waals surface area contributed by atoms with E-state index < -0.39 is 0 Å². The van der Waals surface area contributed by atoms with Crippen molar-refractivity contribution in [1.29, 1.82) is 0 Å². The van der Waals surface area contributed by atoms with Crippen molar-refractivity contribution < 1.29 is 4.79 Å². The van der Waals surface area contributed by atoms with Gasteiger partial charge in [-0.15, -0.1) is 0 Å². The van der Waals surface area contributed by atoms with Crippen molar-refractivity contribution in [2.45, 2.75) is 0 Å². The SMILES string of the molecule is CN(C)/C=C\C(=O)/C=C\C=C/c1ccccc1. The monoisotopic (exact) mass is 227 g/mol. The van der Waals surface area contributed by atoms with Crippen LogP contribution in [0.2, 0.25) is 0 Å². The van der Waals surface area contributed by atoms with Gasteiger partial charge in [-0.3, -0.25) is 4.79 Å². The molecule has 0 aromatic heterocycles. The van der Waals surface area contributed by atoms with Crippen LogP contribution in [-0.4, -0.2) is 24.8 Å². The van der Waals surface area contributed by atoms with Gasteiger partial charge in [0.1, 0.15) is 0 Å². The molecule has 0 atom stereocenters. The zero-order valence-electron chi connectivity index (χ0n) is 10.2. The third-order valence-electron chi connectivity index (χ3n) is 2.00. The fourth-order valence-electron chi connectivity index (χ4n) is 1.16. The van der Waals surface area contributed by atoms with Crippen LogP contribution in [0.5, 0.6) is 0 Å². The molecule has 0 saturated carbocycles. The van der Waals surface area contributed by atoms with Gasteiger partial charge < -0.3 is 4.90 Å². The molecule has 0 aliphatic rings. The molecule has 1 aromatic carbocycles. The molecule has 0 aliphatic heterocycles. The molecule has 88 valence electrons. The summed E-state index contributed by atoms with van der Waals surface area (Å²) in [5.74, 6) is -0.0172. The summed E-state index contributed by atoms with van der Waals surface area (Å²) < 4.78 is 0. The predicted octanol–water partition coefficient (Wildman–Crippen LogP) is 2.90. The van der Waals surface area contributed by atoms with Gasteiger partial charge in [-0.25, -0.2) is 0 Å². The van der Waals surface area contributed by atoms with Gasteiger partial charge in [-0.1, -0.05) is 48.6 Å². The highest BCUT2D eigenvalue weighted by Crippen LogP contribution is 2.00. The zero-order valence-corrected chi connectivity index (χ0v) is 10.2. The predicted molar refractivity (Wildman–Crippen MR) is 72.5 cm³/mol. The summed E-state index contributed by atoms with van der Waals surface area (Å²) in [7, 11) is 3.76. The minimum Gasteiger partial charge on any atom is -0.383 e. The van der Waals surface area contributed by atoms with Gasteiger partial charge in [0, 0.05) is 26.4 Å². The largest absolute Gasteiger partial charge is 0.383 e. The fraction of sp³-hybridized carbons (Fsp3) is 0.133. The van der Waals surface area contributed by atoms with E-state index in [1.165, 1.54) is 6.08 Å². The Morgan fingerprint density at radius 3 is 2.41 bits per heavy atom. The van der Waals surface area contributed by atoms with Crippen molar-refractivity contribution in [3.63, 3.8) is 0 Å². The van der Waals surface area contributed by atoms with Crippen LogP contribution in [0.25, 0.3) is 6.08 Å². The standard InChI is InChI=1S/C15H17NO/c1-16(2)13-12-15(17)11-7-6-10-14-8-4-3-5-9-14/h3-13H,1-2H3/b10-6-,11-7-,13-12-. The summed E-state index contributed by atoms with van der Waals surface area (Å²) in [5, 5.41) is 0. The highest BCUT2D eigenvalue weighted by atomic mass is 16.1. The average Bonchev–Trinajstić information content (AvgIpc) is 2.33. The van der Waals surface area contributed by atoms with Crippen molar-refractivity contribution in [2.75, 3.05) is 14.1 Å². The molecule has 0 bridgehead atoms. The van der Waals surface area contributed by atoms with Gasteiger partial charge in [-0.2, -0.15) is 0 Å². The molecular weight excluding hydrogens is 210 g/mol. The molecule has 0 heterocycles. The lowest BCUT2D eigenvalue weighted by atomic mass is 10.2. The van der Waals surface area contributed by atoms with E-state index >= 15 is 0 Å². The number of carbonyl (C=O) groups is 1. The molecule has 0 spiro atoms. The normalized spacial score (nSPS) is 11.6. The van der Waals surface area contributed by atoms with Crippen LogP contribution in [0.3, 0.4) is 0 Å². The summed E-state index contributed by atoms with van der Waals surface area (Å²) in [6, 6.07) is 9.96. The minimum absolute atomic E-state index is 0.0172. The van der Waals surface area contributed by atoms with Crippen molar-refractivity contribution in [2.24, 2.45) is 0 Å². The second-order valence-corrected chi connectivity index (χ2v) is 3.81. The van der Waals surface area contributed by atoms with Crippen LogP contribution in [-0.2, 0) is 4.79 Å². The number of nitrogens with zero attached hydrogens (tertiary/aromatic N) is 1. The van der Waals surface area contributed by atoms with Gasteiger partial charge >= 0.3 is 0 Å². The van der Waals surface area contributed by atoms with Crippen LogP contribution in [0, 0.1) is 0 Å². The first kappa shape index (κ1) is 13.0. The molecule has 0 unspecified atom stereocenters. The van der Waals surface area contributed by atoms with Gasteiger partial charge in [-0.05, 0) is 11.6 Å². The number of ketones is 1. The number of hydrogen-bond acceptors (Lipinski definition) is 2. The molecule has 1 aromatic rings. The highest BCUT2D eigenvalue weighted by molar-refractivity contribution is 5.99. The Balaban J connectivity index is 2.45. The van der Waals surface area contributed by atoms with E-state index in [4.69, 9.17) is 0 Å². The van der Waals surface area contributed by atoms with Gasteiger partial charge in [0.2, 0.25) is 0 Å². The van der Waals surface area contributed by atoms with Crippen LogP contribution in [0.15, 0.2) is 60.8 Å². The first-order valence-electron chi connectivity index (χ1n) is 5.47. The molecule has 17 heavy (non-hydrogen) atoms.